The molecule has 29 heavy (non-hydrogen) atoms. The van der Waals surface area contributed by atoms with Crippen molar-refractivity contribution in [3.05, 3.63) is 23.8 Å². The molecule has 1 aromatic carbocycles. The van der Waals surface area contributed by atoms with Gasteiger partial charge in [0.05, 0.1) is 0 Å². The van der Waals surface area contributed by atoms with Crippen molar-refractivity contribution in [1.82, 2.24) is 10.3 Å². The Morgan fingerprint density at radius 3 is 2.76 bits per heavy atom. The monoisotopic (exact) mass is 400 g/mol. The van der Waals surface area contributed by atoms with Crippen LogP contribution in [0.4, 0.5) is 6.01 Å². The van der Waals surface area contributed by atoms with Crippen LogP contribution in [0.15, 0.2) is 22.6 Å². The molecule has 2 atom stereocenters. The molecule has 4 N–H and O–H groups in total. The first-order valence-corrected chi connectivity index (χ1v) is 10.4. The molecule has 2 aromatic rings. The lowest BCUT2D eigenvalue weighted by molar-refractivity contribution is -0.126. The number of carbonyl (C=O) groups excluding carboxylic acids is 2. The maximum atomic E-state index is 12.7. The van der Waals surface area contributed by atoms with Gasteiger partial charge in [-0.05, 0) is 56.2 Å². The molecule has 4 rings (SSSR count). The fourth-order valence-electron chi connectivity index (χ4n) is 4.44. The minimum absolute atomic E-state index is 0.00778. The largest absolute Gasteiger partial charge is 0.423 e. The van der Waals surface area contributed by atoms with E-state index in [2.05, 4.69) is 10.3 Å². The van der Waals surface area contributed by atoms with Gasteiger partial charge in [-0.1, -0.05) is 6.42 Å². The molecule has 0 bridgehead atoms. The number of oxazole rings is 1. The zero-order valence-electron chi connectivity index (χ0n) is 16.5. The molecule has 8 nitrogen and oxygen atoms in total. The van der Waals surface area contributed by atoms with Crippen molar-refractivity contribution in [2.75, 3.05) is 24.6 Å². The average Bonchev–Trinajstić information content (AvgIpc) is 3.17. The van der Waals surface area contributed by atoms with Gasteiger partial charge in [-0.15, -0.1) is 0 Å². The first-order valence-electron chi connectivity index (χ1n) is 10.4. The van der Waals surface area contributed by atoms with Gasteiger partial charge in [0.2, 0.25) is 11.8 Å². The number of amides is 2. The molecule has 1 aliphatic carbocycles. The van der Waals surface area contributed by atoms with Crippen molar-refractivity contribution in [3.63, 3.8) is 0 Å². The zero-order chi connectivity index (χ0) is 20.4. The van der Waals surface area contributed by atoms with Crippen LogP contribution in [0.25, 0.3) is 11.1 Å². The Kier molecular flexibility index (Phi) is 5.71. The van der Waals surface area contributed by atoms with E-state index in [1.807, 2.05) is 4.90 Å². The highest BCUT2D eigenvalue weighted by Gasteiger charge is 2.30. The molecule has 156 valence electrons. The minimum Gasteiger partial charge on any atom is -0.423 e. The summed E-state index contributed by atoms with van der Waals surface area (Å²) in [6, 6.07) is 5.66. The summed E-state index contributed by atoms with van der Waals surface area (Å²) in [7, 11) is 0. The molecule has 8 heteroatoms. The Bertz CT molecular complexity index is 888. The van der Waals surface area contributed by atoms with Crippen LogP contribution in [0.2, 0.25) is 0 Å². The fraction of sp³-hybridized carbons (Fsp3) is 0.571. The maximum absolute atomic E-state index is 12.7. The van der Waals surface area contributed by atoms with Gasteiger partial charge < -0.3 is 25.5 Å². The third kappa shape index (κ3) is 4.37. The molecule has 2 fully saturated rings. The van der Waals surface area contributed by atoms with Crippen LogP contribution >= 0.6 is 0 Å². The van der Waals surface area contributed by atoms with Crippen molar-refractivity contribution in [3.8, 4) is 0 Å². The second kappa shape index (κ2) is 8.41. The maximum Gasteiger partial charge on any atom is 0.298 e. The predicted molar refractivity (Wildman–Crippen MR) is 108 cm³/mol. The normalized spacial score (nSPS) is 23.3. The Morgan fingerprint density at radius 2 is 2.03 bits per heavy atom. The van der Waals surface area contributed by atoms with Crippen LogP contribution in [-0.2, 0) is 4.79 Å². The highest BCUT2D eigenvalue weighted by Crippen LogP contribution is 2.28. The number of hydrogen-bond acceptors (Lipinski definition) is 6. The highest BCUT2D eigenvalue weighted by molar-refractivity contribution is 5.96. The van der Waals surface area contributed by atoms with Gasteiger partial charge in [-0.25, -0.2) is 0 Å². The van der Waals surface area contributed by atoms with Crippen LogP contribution < -0.4 is 16.0 Å². The second-order valence-electron chi connectivity index (χ2n) is 8.23. The van der Waals surface area contributed by atoms with Crippen molar-refractivity contribution < 1.29 is 19.1 Å². The topological polar surface area (TPSA) is 122 Å². The predicted octanol–water partition coefficient (Wildman–Crippen LogP) is 1.81. The van der Waals surface area contributed by atoms with Gasteiger partial charge in [0.1, 0.15) is 5.52 Å². The Labute approximate surface area is 169 Å². The molecule has 2 heterocycles. The van der Waals surface area contributed by atoms with E-state index < -0.39 is 5.91 Å². The fourth-order valence-corrected chi connectivity index (χ4v) is 4.44. The van der Waals surface area contributed by atoms with Crippen LogP contribution in [0.1, 0.15) is 48.9 Å². The summed E-state index contributed by atoms with van der Waals surface area (Å²) in [5, 5.41) is 12.6. The molecule has 1 saturated heterocycles. The van der Waals surface area contributed by atoms with Gasteiger partial charge in [0.25, 0.3) is 6.01 Å². The smallest absolute Gasteiger partial charge is 0.298 e. The molecule has 0 unspecified atom stereocenters. The van der Waals surface area contributed by atoms with Gasteiger partial charge in [-0.3, -0.25) is 9.59 Å². The van der Waals surface area contributed by atoms with Gasteiger partial charge in [0.15, 0.2) is 5.58 Å². The van der Waals surface area contributed by atoms with E-state index >= 15 is 0 Å². The number of nitrogens with one attached hydrogen (secondary N) is 1. The summed E-state index contributed by atoms with van der Waals surface area (Å²) in [5.41, 5.74) is 6.94. The molecular formula is C21H28N4O4. The van der Waals surface area contributed by atoms with E-state index in [-0.39, 0.29) is 24.5 Å². The summed E-state index contributed by atoms with van der Waals surface area (Å²) >= 11 is 0. The first kappa shape index (κ1) is 19.7. The number of carbonyl (C=O) groups is 2. The number of fused-ring (bicyclic) bond motifs is 1. The number of piperidine rings is 1. The number of hydrogen-bond donors (Lipinski definition) is 3. The van der Waals surface area contributed by atoms with E-state index in [1.54, 1.807) is 18.2 Å². The lowest BCUT2D eigenvalue weighted by Crippen LogP contribution is -2.45. The van der Waals surface area contributed by atoms with Gasteiger partial charge >= 0.3 is 0 Å². The van der Waals surface area contributed by atoms with E-state index in [4.69, 9.17) is 10.2 Å². The molecule has 2 amide bonds. The SMILES string of the molecule is NC(=O)c1ccc2oc(N3CCC(C(=O)N[C@H]4CCC[C@H](CO)C4)CC3)nc2c1. The van der Waals surface area contributed by atoms with Crippen molar-refractivity contribution >= 4 is 28.9 Å². The highest BCUT2D eigenvalue weighted by atomic mass is 16.4. The molecule has 0 radical (unpaired) electrons. The molecule has 1 saturated carbocycles. The third-order valence-electron chi connectivity index (χ3n) is 6.18. The number of aliphatic hydroxyl groups excluding tert-OH is 1. The first-order chi connectivity index (χ1) is 14.0. The molecule has 2 aliphatic rings. The third-order valence-corrected chi connectivity index (χ3v) is 6.18. The van der Waals surface area contributed by atoms with Gasteiger partial charge in [0, 0.05) is 37.2 Å². The Hall–Kier alpha value is -2.61. The van der Waals surface area contributed by atoms with E-state index in [1.165, 1.54) is 0 Å². The van der Waals surface area contributed by atoms with Crippen molar-refractivity contribution in [1.29, 1.82) is 0 Å². The number of anilines is 1. The number of benzene rings is 1. The second-order valence-corrected chi connectivity index (χ2v) is 8.23. The minimum atomic E-state index is -0.494. The number of nitrogens with zero attached hydrogens (tertiary/aromatic N) is 2. The van der Waals surface area contributed by atoms with E-state index in [9.17, 15) is 14.7 Å². The zero-order valence-corrected chi connectivity index (χ0v) is 16.5. The average molecular weight is 400 g/mol. The van der Waals surface area contributed by atoms with Crippen LogP contribution in [-0.4, -0.2) is 47.6 Å². The number of aromatic nitrogens is 1. The number of primary amides is 1. The summed E-state index contributed by atoms with van der Waals surface area (Å²) < 4.78 is 5.82. The summed E-state index contributed by atoms with van der Waals surface area (Å²) in [4.78, 5) is 30.5. The summed E-state index contributed by atoms with van der Waals surface area (Å²) in [6.45, 7) is 1.59. The quantitative estimate of drug-likeness (QED) is 0.704. The molecule has 1 aromatic heterocycles. The van der Waals surface area contributed by atoms with Gasteiger partial charge in [-0.2, -0.15) is 4.98 Å². The van der Waals surface area contributed by atoms with Crippen LogP contribution in [0.3, 0.4) is 0 Å². The summed E-state index contributed by atoms with van der Waals surface area (Å²) in [6.07, 6.45) is 5.46. The molecule has 0 spiro atoms. The molecular weight excluding hydrogens is 372 g/mol. The number of rotatable bonds is 5. The van der Waals surface area contributed by atoms with E-state index in [0.717, 1.165) is 38.5 Å². The number of aliphatic hydroxyl groups is 1. The lowest BCUT2D eigenvalue weighted by Gasteiger charge is -2.33. The summed E-state index contributed by atoms with van der Waals surface area (Å²) in [5.74, 6) is -0.0693. The van der Waals surface area contributed by atoms with Crippen molar-refractivity contribution in [2.45, 2.75) is 44.6 Å². The Balaban J connectivity index is 1.33. The van der Waals surface area contributed by atoms with Crippen LogP contribution in [0, 0.1) is 11.8 Å². The Morgan fingerprint density at radius 1 is 1.24 bits per heavy atom. The standard InChI is InChI=1S/C21H28N4O4/c22-19(27)15-4-5-18-17(11-15)24-21(29-18)25-8-6-14(7-9-25)20(28)23-16-3-1-2-13(10-16)12-26/h4-5,11,13-14,16,26H,1-3,6-10,12H2,(H2,22,27)(H,23,28)/t13-,16-/m0/s1. The lowest BCUT2D eigenvalue weighted by atomic mass is 9.85. The van der Waals surface area contributed by atoms with E-state index in [0.29, 0.717) is 41.7 Å². The molecule has 1 aliphatic heterocycles. The van der Waals surface area contributed by atoms with Crippen molar-refractivity contribution in [2.24, 2.45) is 17.6 Å². The van der Waals surface area contributed by atoms with Crippen LogP contribution in [0.5, 0.6) is 0 Å². The number of nitrogens with two attached hydrogens (primary N) is 1.